The van der Waals surface area contributed by atoms with E-state index in [4.69, 9.17) is 0 Å². The standard InChI is InChI=1S/C18H16BrFN4O3S2/c19-16-5-6-17(28-16)29(26,27)24-9-7-23(8-10-24)18(25)15-11-14(21-22-15)12-1-3-13(20)4-2-12/h1-6,11H,7-10H2,(H,21,22). The molecule has 29 heavy (non-hydrogen) atoms. The summed E-state index contributed by atoms with van der Waals surface area (Å²) in [4.78, 5) is 14.3. The predicted molar refractivity (Wildman–Crippen MR) is 111 cm³/mol. The summed E-state index contributed by atoms with van der Waals surface area (Å²) in [7, 11) is -3.56. The Balaban J connectivity index is 1.42. The van der Waals surface area contributed by atoms with E-state index >= 15 is 0 Å². The van der Waals surface area contributed by atoms with Gasteiger partial charge in [-0.3, -0.25) is 9.89 Å². The van der Waals surface area contributed by atoms with Crippen molar-refractivity contribution in [2.45, 2.75) is 4.21 Å². The molecular formula is C18H16BrFN4O3S2. The van der Waals surface area contributed by atoms with Crippen LogP contribution in [0.15, 0.2) is 50.5 Å². The average Bonchev–Trinajstić information content (AvgIpc) is 3.38. The van der Waals surface area contributed by atoms with E-state index in [1.54, 1.807) is 35.2 Å². The number of thiophene rings is 1. The second kappa shape index (κ2) is 7.98. The number of hydrogen-bond donors (Lipinski definition) is 1. The number of aromatic amines is 1. The number of benzene rings is 1. The van der Waals surface area contributed by atoms with Crippen LogP contribution in [0.3, 0.4) is 0 Å². The van der Waals surface area contributed by atoms with Crippen molar-refractivity contribution < 1.29 is 17.6 Å². The summed E-state index contributed by atoms with van der Waals surface area (Å²) in [5.74, 6) is -0.593. The van der Waals surface area contributed by atoms with Crippen molar-refractivity contribution in [3.05, 3.63) is 57.8 Å². The topological polar surface area (TPSA) is 86.4 Å². The van der Waals surface area contributed by atoms with E-state index in [2.05, 4.69) is 26.1 Å². The smallest absolute Gasteiger partial charge is 0.271 e. The highest BCUT2D eigenvalue weighted by Gasteiger charge is 2.31. The Labute approximate surface area is 179 Å². The van der Waals surface area contributed by atoms with Crippen LogP contribution in [0, 0.1) is 5.82 Å². The summed E-state index contributed by atoms with van der Waals surface area (Å²) in [5.41, 5.74) is 1.54. The van der Waals surface area contributed by atoms with Crippen molar-refractivity contribution in [3.63, 3.8) is 0 Å². The van der Waals surface area contributed by atoms with Crippen LogP contribution in [0.5, 0.6) is 0 Å². The third-order valence-corrected chi connectivity index (χ3v) is 8.61. The van der Waals surface area contributed by atoms with Gasteiger partial charge in [-0.2, -0.15) is 9.40 Å². The first-order chi connectivity index (χ1) is 13.8. The predicted octanol–water partition coefficient (Wildman–Crippen LogP) is 3.19. The molecule has 0 unspecified atom stereocenters. The Morgan fingerprint density at radius 3 is 2.41 bits per heavy atom. The zero-order valence-electron chi connectivity index (χ0n) is 15.0. The second-order valence-corrected chi connectivity index (χ2v) is 11.1. The molecule has 2 aromatic heterocycles. The van der Waals surface area contributed by atoms with Gasteiger partial charge in [0.2, 0.25) is 0 Å². The molecule has 11 heteroatoms. The minimum absolute atomic E-state index is 0.225. The van der Waals surface area contributed by atoms with Crippen LogP contribution in [0.2, 0.25) is 0 Å². The average molecular weight is 499 g/mol. The molecule has 1 amide bonds. The fraction of sp³-hybridized carbons (Fsp3) is 0.222. The third kappa shape index (κ3) is 4.13. The van der Waals surface area contributed by atoms with Gasteiger partial charge in [-0.05, 0) is 58.4 Å². The summed E-state index contributed by atoms with van der Waals surface area (Å²) in [6.07, 6.45) is 0. The first-order valence-electron chi connectivity index (χ1n) is 8.71. The molecule has 1 aromatic carbocycles. The fourth-order valence-corrected chi connectivity index (χ4v) is 6.65. The van der Waals surface area contributed by atoms with Crippen LogP contribution in [-0.2, 0) is 10.0 Å². The minimum atomic E-state index is -3.56. The van der Waals surface area contributed by atoms with Crippen molar-refractivity contribution in [2.24, 2.45) is 0 Å². The third-order valence-electron chi connectivity index (χ3n) is 4.62. The van der Waals surface area contributed by atoms with Crippen molar-refractivity contribution in [1.82, 2.24) is 19.4 Å². The van der Waals surface area contributed by atoms with Crippen LogP contribution < -0.4 is 0 Å². The molecule has 4 rings (SSSR count). The number of nitrogens with one attached hydrogen (secondary N) is 1. The molecule has 0 spiro atoms. The van der Waals surface area contributed by atoms with Gasteiger partial charge in [0.15, 0.2) is 0 Å². The molecule has 1 fully saturated rings. The Morgan fingerprint density at radius 2 is 1.79 bits per heavy atom. The molecule has 0 aliphatic carbocycles. The molecule has 0 atom stereocenters. The van der Waals surface area contributed by atoms with Gasteiger partial charge in [0.05, 0.1) is 9.48 Å². The van der Waals surface area contributed by atoms with E-state index in [0.29, 0.717) is 17.0 Å². The van der Waals surface area contributed by atoms with E-state index < -0.39 is 10.0 Å². The molecule has 0 radical (unpaired) electrons. The molecular weight excluding hydrogens is 483 g/mol. The molecule has 1 saturated heterocycles. The van der Waals surface area contributed by atoms with E-state index in [-0.39, 0.29) is 42.1 Å². The normalized spacial score (nSPS) is 15.6. The SMILES string of the molecule is O=C(c1cc(-c2ccc(F)cc2)n[nH]1)N1CCN(S(=O)(=O)c2ccc(Br)s2)CC1. The van der Waals surface area contributed by atoms with Crippen LogP contribution in [0.25, 0.3) is 11.3 Å². The highest BCUT2D eigenvalue weighted by atomic mass is 79.9. The van der Waals surface area contributed by atoms with Crippen molar-refractivity contribution in [1.29, 1.82) is 0 Å². The number of nitrogens with zero attached hydrogens (tertiary/aromatic N) is 3. The van der Waals surface area contributed by atoms with Crippen molar-refractivity contribution >= 4 is 43.2 Å². The molecule has 3 aromatic rings. The Bertz CT molecular complexity index is 1140. The van der Waals surface area contributed by atoms with Gasteiger partial charge in [0.25, 0.3) is 15.9 Å². The van der Waals surface area contributed by atoms with Crippen molar-refractivity contribution in [3.8, 4) is 11.3 Å². The zero-order chi connectivity index (χ0) is 20.6. The van der Waals surface area contributed by atoms with Gasteiger partial charge in [-0.1, -0.05) is 0 Å². The highest BCUT2D eigenvalue weighted by molar-refractivity contribution is 9.11. The van der Waals surface area contributed by atoms with Crippen LogP contribution in [0.1, 0.15) is 10.5 Å². The fourth-order valence-electron chi connectivity index (χ4n) is 3.07. The minimum Gasteiger partial charge on any atom is -0.335 e. The summed E-state index contributed by atoms with van der Waals surface area (Å²) in [6, 6.07) is 10.7. The summed E-state index contributed by atoms with van der Waals surface area (Å²) >= 11 is 4.44. The Hall–Kier alpha value is -2.08. The number of aromatic nitrogens is 2. The molecule has 0 bridgehead atoms. The number of rotatable bonds is 4. The number of halogens is 2. The van der Waals surface area contributed by atoms with Crippen LogP contribution >= 0.6 is 27.3 Å². The van der Waals surface area contributed by atoms with Gasteiger partial charge in [-0.25, -0.2) is 12.8 Å². The molecule has 1 aliphatic rings. The van der Waals surface area contributed by atoms with Crippen LogP contribution in [0.4, 0.5) is 4.39 Å². The monoisotopic (exact) mass is 498 g/mol. The largest absolute Gasteiger partial charge is 0.335 e. The number of carbonyl (C=O) groups is 1. The van der Waals surface area contributed by atoms with Crippen LogP contribution in [-0.4, -0.2) is 59.9 Å². The quantitative estimate of drug-likeness (QED) is 0.598. The Kier molecular flexibility index (Phi) is 5.56. The number of amides is 1. The lowest BCUT2D eigenvalue weighted by atomic mass is 10.1. The zero-order valence-corrected chi connectivity index (χ0v) is 18.2. The van der Waals surface area contributed by atoms with E-state index in [1.807, 2.05) is 0 Å². The maximum absolute atomic E-state index is 13.1. The maximum atomic E-state index is 13.1. The summed E-state index contributed by atoms with van der Waals surface area (Å²) < 4.78 is 40.9. The van der Waals surface area contributed by atoms with Gasteiger partial charge in [0, 0.05) is 31.7 Å². The van der Waals surface area contributed by atoms with Gasteiger partial charge < -0.3 is 4.90 Å². The maximum Gasteiger partial charge on any atom is 0.271 e. The first kappa shape index (κ1) is 20.2. The molecule has 1 aliphatic heterocycles. The lowest BCUT2D eigenvalue weighted by molar-refractivity contribution is 0.0692. The lowest BCUT2D eigenvalue weighted by Crippen LogP contribution is -2.50. The molecule has 1 N–H and O–H groups in total. The second-order valence-electron chi connectivity index (χ2n) is 6.43. The summed E-state index contributed by atoms with van der Waals surface area (Å²) in [5, 5.41) is 6.84. The van der Waals surface area contributed by atoms with Crippen molar-refractivity contribution in [2.75, 3.05) is 26.2 Å². The number of H-pyrrole nitrogens is 1. The van der Waals surface area contributed by atoms with Gasteiger partial charge >= 0.3 is 0 Å². The first-order valence-corrected chi connectivity index (χ1v) is 11.8. The van der Waals surface area contributed by atoms with E-state index in [0.717, 1.165) is 15.1 Å². The molecule has 3 heterocycles. The summed E-state index contributed by atoms with van der Waals surface area (Å²) in [6.45, 7) is 1.02. The highest BCUT2D eigenvalue weighted by Crippen LogP contribution is 2.29. The number of hydrogen-bond acceptors (Lipinski definition) is 5. The number of sulfonamides is 1. The molecule has 0 saturated carbocycles. The Morgan fingerprint density at radius 1 is 1.10 bits per heavy atom. The van der Waals surface area contributed by atoms with E-state index in [1.165, 1.54) is 16.4 Å². The van der Waals surface area contributed by atoms with E-state index in [9.17, 15) is 17.6 Å². The number of carbonyl (C=O) groups excluding carboxylic acids is 1. The molecule has 7 nitrogen and oxygen atoms in total. The van der Waals surface area contributed by atoms with Gasteiger partial charge in [0.1, 0.15) is 15.7 Å². The number of piperazine rings is 1. The van der Waals surface area contributed by atoms with Gasteiger partial charge in [-0.15, -0.1) is 11.3 Å². The lowest BCUT2D eigenvalue weighted by Gasteiger charge is -2.33. The molecule has 152 valence electrons.